The van der Waals surface area contributed by atoms with E-state index >= 15 is 8.78 Å². The Balaban J connectivity index is 2.19. The van der Waals surface area contributed by atoms with Crippen LogP contribution in [0.5, 0.6) is 0 Å². The van der Waals surface area contributed by atoms with Gasteiger partial charge in [-0.2, -0.15) is 0 Å². The minimum absolute atomic E-state index is 0.0148. The summed E-state index contributed by atoms with van der Waals surface area (Å²) in [6.45, 7) is 22.0. The third-order valence-corrected chi connectivity index (χ3v) is 13.3. The Labute approximate surface area is 195 Å². The van der Waals surface area contributed by atoms with Gasteiger partial charge in [-0.3, -0.25) is 4.79 Å². The van der Waals surface area contributed by atoms with Crippen molar-refractivity contribution in [2.75, 3.05) is 0 Å². The zero-order valence-electron chi connectivity index (χ0n) is 21.8. The summed E-state index contributed by atoms with van der Waals surface area (Å²) in [5.41, 5.74) is 0.203. The van der Waals surface area contributed by atoms with E-state index in [2.05, 4.69) is 47.4 Å². The van der Waals surface area contributed by atoms with Crippen LogP contribution in [0.2, 0.25) is 18.1 Å². The Morgan fingerprint density at radius 2 is 1.78 bits per heavy atom. The molecule has 0 spiro atoms. The van der Waals surface area contributed by atoms with E-state index in [1.54, 1.807) is 0 Å². The van der Waals surface area contributed by atoms with Gasteiger partial charge in [0.15, 0.2) is 14.4 Å². The summed E-state index contributed by atoms with van der Waals surface area (Å²) in [5.74, 6) is -3.36. The van der Waals surface area contributed by atoms with Crippen molar-refractivity contribution in [3.8, 4) is 0 Å². The lowest BCUT2D eigenvalue weighted by Crippen LogP contribution is -2.50. The van der Waals surface area contributed by atoms with Crippen molar-refractivity contribution in [2.24, 2.45) is 23.2 Å². The molecule has 2 aliphatic rings. The number of carbonyl (C=O) groups is 1. The lowest BCUT2D eigenvalue weighted by Gasteiger charge is -2.50. The summed E-state index contributed by atoms with van der Waals surface area (Å²) in [6, 6.07) is 0. The first-order chi connectivity index (χ1) is 14.4. The molecule has 3 nitrogen and oxygen atoms in total. The molecule has 2 rings (SSSR count). The van der Waals surface area contributed by atoms with Crippen LogP contribution in [0.15, 0.2) is 12.2 Å². The quantitative estimate of drug-likeness (QED) is 0.206. The number of alkyl halides is 2. The number of fused-ring (bicyclic) bond motifs is 1. The number of esters is 1. The SMILES string of the molecule is C=C(C)C(OC(C)=O)C(F)(F)CC(C)[C@H]1CC[C@H]2[C@@H](O[Si](C)(C)C(C)(C)C)CCC[C@]12C. The van der Waals surface area contributed by atoms with Gasteiger partial charge in [0.25, 0.3) is 5.92 Å². The van der Waals surface area contributed by atoms with E-state index in [1.807, 2.05) is 6.92 Å². The summed E-state index contributed by atoms with van der Waals surface area (Å²) in [7, 11) is -1.89. The van der Waals surface area contributed by atoms with Crippen LogP contribution in [0.4, 0.5) is 8.78 Å². The molecule has 0 aromatic heterocycles. The number of hydrogen-bond acceptors (Lipinski definition) is 3. The van der Waals surface area contributed by atoms with E-state index in [0.29, 0.717) is 5.92 Å². The number of carbonyl (C=O) groups excluding carboxylic acids is 1. The van der Waals surface area contributed by atoms with Gasteiger partial charge in [0, 0.05) is 19.4 Å². The normalized spacial score (nSPS) is 31.0. The average Bonchev–Trinajstić information content (AvgIpc) is 2.95. The predicted octanol–water partition coefficient (Wildman–Crippen LogP) is 7.76. The zero-order valence-corrected chi connectivity index (χ0v) is 22.8. The molecule has 0 aromatic carbocycles. The molecule has 2 fully saturated rings. The first-order valence-electron chi connectivity index (χ1n) is 12.3. The predicted molar refractivity (Wildman–Crippen MR) is 129 cm³/mol. The molecule has 2 saturated carbocycles. The molecular weight excluding hydrogens is 426 g/mol. The van der Waals surface area contributed by atoms with Crippen molar-refractivity contribution in [2.45, 2.75) is 123 Å². The minimum atomic E-state index is -3.13. The highest BCUT2D eigenvalue weighted by molar-refractivity contribution is 6.74. The summed E-state index contributed by atoms with van der Waals surface area (Å²) in [6.07, 6.45) is 3.62. The zero-order chi connectivity index (χ0) is 24.7. The van der Waals surface area contributed by atoms with Crippen LogP contribution >= 0.6 is 0 Å². The molecule has 2 unspecified atom stereocenters. The molecule has 186 valence electrons. The minimum Gasteiger partial charge on any atom is -0.452 e. The van der Waals surface area contributed by atoms with E-state index in [1.165, 1.54) is 13.8 Å². The van der Waals surface area contributed by atoms with Gasteiger partial charge in [-0.05, 0) is 79.5 Å². The van der Waals surface area contributed by atoms with Gasteiger partial charge in [0.2, 0.25) is 0 Å². The van der Waals surface area contributed by atoms with E-state index in [9.17, 15) is 4.79 Å². The Morgan fingerprint density at radius 1 is 1.19 bits per heavy atom. The van der Waals surface area contributed by atoms with Crippen LogP contribution in [0.1, 0.15) is 87.0 Å². The molecular formula is C26H46F2O3Si. The standard InChI is InChI=1S/C26H46F2O3Si/c1-17(2)23(30-19(4)29)26(27,28)16-18(3)20-13-14-21-22(12-11-15-25(20,21)8)31-32(9,10)24(5,6)7/h18,20-23H,1,11-16H2,2-10H3/t18?,20-,21+,22+,23?,25-/m1/s1. The Kier molecular flexibility index (Phi) is 8.14. The molecule has 2 aliphatic carbocycles. The second kappa shape index (κ2) is 9.48. The lowest BCUT2D eigenvalue weighted by molar-refractivity contribution is -0.170. The highest BCUT2D eigenvalue weighted by atomic mass is 28.4. The molecule has 0 saturated heterocycles. The summed E-state index contributed by atoms with van der Waals surface area (Å²) >= 11 is 0. The third kappa shape index (κ3) is 5.65. The second-order valence-corrected chi connectivity index (χ2v) is 17.1. The third-order valence-electron chi connectivity index (χ3n) is 8.78. The molecule has 0 heterocycles. The first kappa shape index (κ1) is 27.5. The van der Waals surface area contributed by atoms with Crippen LogP contribution in [-0.4, -0.2) is 32.4 Å². The van der Waals surface area contributed by atoms with Gasteiger partial charge in [-0.1, -0.05) is 47.6 Å². The molecule has 0 aliphatic heterocycles. The Hall–Kier alpha value is -0.753. The number of halogens is 2. The highest BCUT2D eigenvalue weighted by Gasteiger charge is 2.56. The molecule has 0 bridgehead atoms. The smallest absolute Gasteiger partial charge is 0.303 e. The topological polar surface area (TPSA) is 35.5 Å². The largest absolute Gasteiger partial charge is 0.452 e. The van der Waals surface area contributed by atoms with Crippen LogP contribution < -0.4 is 0 Å². The fourth-order valence-electron chi connectivity index (χ4n) is 6.18. The van der Waals surface area contributed by atoms with Crippen molar-refractivity contribution < 1.29 is 22.7 Å². The first-order valence-corrected chi connectivity index (χ1v) is 15.2. The van der Waals surface area contributed by atoms with E-state index in [4.69, 9.17) is 9.16 Å². The van der Waals surface area contributed by atoms with Gasteiger partial charge in [0.05, 0.1) is 0 Å². The summed E-state index contributed by atoms with van der Waals surface area (Å²) in [5, 5.41) is 0.155. The summed E-state index contributed by atoms with van der Waals surface area (Å²) in [4.78, 5) is 11.4. The number of ether oxygens (including phenoxy) is 1. The maximum Gasteiger partial charge on any atom is 0.303 e. The van der Waals surface area contributed by atoms with Gasteiger partial charge >= 0.3 is 5.97 Å². The Bertz CT molecular complexity index is 700. The van der Waals surface area contributed by atoms with Crippen LogP contribution in [0.3, 0.4) is 0 Å². The molecule has 0 N–H and O–H groups in total. The van der Waals surface area contributed by atoms with Crippen LogP contribution in [0.25, 0.3) is 0 Å². The van der Waals surface area contributed by atoms with E-state index in [0.717, 1.165) is 32.1 Å². The summed E-state index contributed by atoms with van der Waals surface area (Å²) < 4.78 is 42.3. The second-order valence-electron chi connectivity index (χ2n) is 12.4. The van der Waals surface area contributed by atoms with Gasteiger partial charge in [-0.25, -0.2) is 8.78 Å². The fraction of sp³-hybridized carbons (Fsp3) is 0.885. The van der Waals surface area contributed by atoms with Crippen LogP contribution in [0, 0.1) is 23.2 Å². The van der Waals surface area contributed by atoms with Crippen LogP contribution in [-0.2, 0) is 14.0 Å². The van der Waals surface area contributed by atoms with Crippen molar-refractivity contribution in [1.82, 2.24) is 0 Å². The monoisotopic (exact) mass is 472 g/mol. The maximum absolute atomic E-state index is 15.2. The van der Waals surface area contributed by atoms with Crippen molar-refractivity contribution in [1.29, 1.82) is 0 Å². The maximum atomic E-state index is 15.2. The van der Waals surface area contributed by atoms with Crippen molar-refractivity contribution >= 4 is 14.3 Å². The Morgan fingerprint density at radius 3 is 2.28 bits per heavy atom. The van der Waals surface area contributed by atoms with Crippen molar-refractivity contribution in [3.63, 3.8) is 0 Å². The van der Waals surface area contributed by atoms with Gasteiger partial charge in [0.1, 0.15) is 0 Å². The lowest BCUT2D eigenvalue weighted by atomic mass is 9.61. The van der Waals surface area contributed by atoms with Gasteiger partial charge < -0.3 is 9.16 Å². The fourth-order valence-corrected chi connectivity index (χ4v) is 7.58. The van der Waals surface area contributed by atoms with Gasteiger partial charge in [-0.15, -0.1) is 0 Å². The average molecular weight is 473 g/mol. The van der Waals surface area contributed by atoms with E-state index in [-0.39, 0.29) is 40.4 Å². The van der Waals surface area contributed by atoms with E-state index < -0.39 is 26.3 Å². The molecule has 0 amide bonds. The highest BCUT2D eigenvalue weighted by Crippen LogP contribution is 2.60. The molecule has 6 heteroatoms. The number of hydrogen-bond donors (Lipinski definition) is 0. The van der Waals surface area contributed by atoms with Crippen molar-refractivity contribution in [3.05, 3.63) is 12.2 Å². The number of rotatable bonds is 8. The molecule has 0 radical (unpaired) electrons. The molecule has 0 aromatic rings. The molecule has 32 heavy (non-hydrogen) atoms. The molecule has 6 atom stereocenters.